The lowest BCUT2D eigenvalue weighted by Gasteiger charge is -2.24. The van der Waals surface area contributed by atoms with Crippen LogP contribution >= 0.6 is 11.8 Å². The molecule has 2 atom stereocenters. The van der Waals surface area contributed by atoms with Crippen molar-refractivity contribution in [3.05, 3.63) is 24.3 Å². The van der Waals surface area contributed by atoms with Crippen LogP contribution in [0.15, 0.2) is 29.3 Å². The van der Waals surface area contributed by atoms with E-state index in [1.54, 1.807) is 4.90 Å². The molecule has 3 aliphatic rings. The molecule has 3 fully saturated rings. The van der Waals surface area contributed by atoms with Crippen molar-refractivity contribution in [1.82, 2.24) is 0 Å². The van der Waals surface area contributed by atoms with Crippen molar-refractivity contribution in [2.24, 2.45) is 10.9 Å². The summed E-state index contributed by atoms with van der Waals surface area (Å²) in [5.41, 5.74) is 0.476. The minimum absolute atomic E-state index is 0.00919. The molecule has 1 saturated carbocycles. The second kappa shape index (κ2) is 6.40. The number of ether oxygens (including phenoxy) is 1. The zero-order valence-corrected chi connectivity index (χ0v) is 15.5. The van der Waals surface area contributed by atoms with Gasteiger partial charge in [-0.15, -0.1) is 13.2 Å². The number of hydrogen-bond acceptors (Lipinski definition) is 5. The molecule has 0 N–H and O–H groups in total. The third-order valence-electron chi connectivity index (χ3n) is 4.55. The summed E-state index contributed by atoms with van der Waals surface area (Å²) in [5.74, 6) is -0.775. The van der Waals surface area contributed by atoms with Crippen LogP contribution in [0.25, 0.3) is 0 Å². The van der Waals surface area contributed by atoms with Crippen LogP contribution in [-0.4, -0.2) is 48.7 Å². The van der Waals surface area contributed by atoms with Crippen LogP contribution in [0.1, 0.15) is 12.8 Å². The number of anilines is 1. The summed E-state index contributed by atoms with van der Waals surface area (Å²) in [5, 5.41) is 0.146. The van der Waals surface area contributed by atoms with Gasteiger partial charge in [-0.05, 0) is 37.1 Å². The van der Waals surface area contributed by atoms with Gasteiger partial charge in [0.2, 0.25) is 0 Å². The third kappa shape index (κ3) is 4.08. The van der Waals surface area contributed by atoms with Crippen LogP contribution in [0.2, 0.25) is 0 Å². The Morgan fingerprint density at radius 1 is 1.19 bits per heavy atom. The van der Waals surface area contributed by atoms with E-state index in [1.165, 1.54) is 23.9 Å². The van der Waals surface area contributed by atoms with E-state index in [0.29, 0.717) is 10.9 Å². The Hall–Kier alpha value is -1.75. The highest BCUT2D eigenvalue weighted by Gasteiger charge is 2.49. The Balaban J connectivity index is 1.64. The lowest BCUT2D eigenvalue weighted by Crippen LogP contribution is -2.37. The summed E-state index contributed by atoms with van der Waals surface area (Å²) in [7, 11) is -3.21. The van der Waals surface area contributed by atoms with E-state index in [-0.39, 0.29) is 34.3 Å². The number of aliphatic imine (C=N–C) groups is 1. The summed E-state index contributed by atoms with van der Waals surface area (Å²) in [4.78, 5) is 17.9. The number of rotatable bonds is 3. The first-order valence-corrected chi connectivity index (χ1v) is 11.0. The average Bonchev–Trinajstić information content (AvgIpc) is 3.28. The van der Waals surface area contributed by atoms with Crippen LogP contribution in [-0.2, 0) is 14.6 Å². The maximum Gasteiger partial charge on any atom is 0.573 e. The van der Waals surface area contributed by atoms with Gasteiger partial charge in [-0.2, -0.15) is 4.99 Å². The fraction of sp³-hybridized carbons (Fsp3) is 0.500. The van der Waals surface area contributed by atoms with Gasteiger partial charge in [0.25, 0.3) is 5.91 Å². The lowest BCUT2D eigenvalue weighted by atomic mass is 10.2. The molecular weight excluding hydrogens is 405 g/mol. The Labute approximate surface area is 157 Å². The van der Waals surface area contributed by atoms with Gasteiger partial charge >= 0.3 is 6.36 Å². The number of carbonyl (C=O) groups is 1. The third-order valence-corrected chi connectivity index (χ3v) is 7.76. The van der Waals surface area contributed by atoms with Crippen LogP contribution < -0.4 is 9.64 Å². The standard InChI is InChI=1S/C16H15F3N2O4S2/c17-16(18,19)25-11-5-3-10(4-6-11)21-12-7-27(23,24)8-13(12)26-15(21)20-14(22)9-1-2-9/h3-6,9,12-13H,1-2,7-8H2/t12-,13-/m1/s1. The van der Waals surface area contributed by atoms with E-state index in [1.807, 2.05) is 0 Å². The van der Waals surface area contributed by atoms with E-state index in [9.17, 15) is 26.4 Å². The van der Waals surface area contributed by atoms with Gasteiger partial charge in [0.05, 0.1) is 17.5 Å². The Bertz CT molecular complexity index is 895. The van der Waals surface area contributed by atoms with Crippen LogP contribution in [0.4, 0.5) is 18.9 Å². The summed E-state index contributed by atoms with van der Waals surface area (Å²) in [6.07, 6.45) is -3.20. The molecule has 11 heteroatoms. The number of halogens is 3. The summed E-state index contributed by atoms with van der Waals surface area (Å²) in [6, 6.07) is 4.73. The number of amides is 1. The Kier molecular flexibility index (Phi) is 4.41. The second-order valence-electron chi connectivity index (χ2n) is 6.72. The maximum atomic E-state index is 12.3. The van der Waals surface area contributed by atoms with Crippen molar-refractivity contribution >= 4 is 38.4 Å². The second-order valence-corrected chi connectivity index (χ2v) is 10.1. The summed E-state index contributed by atoms with van der Waals surface area (Å²) in [6.45, 7) is 0. The first-order valence-electron chi connectivity index (χ1n) is 8.26. The van der Waals surface area contributed by atoms with E-state index in [2.05, 4.69) is 9.73 Å². The normalized spacial score (nSPS) is 28.4. The van der Waals surface area contributed by atoms with Crippen LogP contribution in [0.3, 0.4) is 0 Å². The predicted octanol–water partition coefficient (Wildman–Crippen LogP) is 2.60. The number of benzene rings is 1. The van der Waals surface area contributed by atoms with Crippen molar-refractivity contribution < 1.29 is 31.1 Å². The van der Waals surface area contributed by atoms with Crippen molar-refractivity contribution in [3.8, 4) is 5.75 Å². The van der Waals surface area contributed by atoms with Crippen LogP contribution in [0, 0.1) is 5.92 Å². The molecule has 2 heterocycles. The van der Waals surface area contributed by atoms with Gasteiger partial charge in [-0.1, -0.05) is 11.8 Å². The summed E-state index contributed by atoms with van der Waals surface area (Å²) < 4.78 is 64.8. The molecule has 1 aliphatic carbocycles. The molecule has 2 saturated heterocycles. The number of alkyl halides is 3. The fourth-order valence-electron chi connectivity index (χ4n) is 3.19. The van der Waals surface area contributed by atoms with Gasteiger partial charge in [0, 0.05) is 16.9 Å². The molecule has 0 aromatic heterocycles. The monoisotopic (exact) mass is 420 g/mol. The van der Waals surface area contributed by atoms with Gasteiger partial charge < -0.3 is 9.64 Å². The zero-order chi connectivity index (χ0) is 19.4. The van der Waals surface area contributed by atoms with Gasteiger partial charge in [0.1, 0.15) is 5.75 Å². The molecule has 1 aromatic carbocycles. The largest absolute Gasteiger partial charge is 0.573 e. The van der Waals surface area contributed by atoms with Crippen molar-refractivity contribution in [3.63, 3.8) is 0 Å². The summed E-state index contributed by atoms with van der Waals surface area (Å²) >= 11 is 1.24. The van der Waals surface area contributed by atoms with E-state index in [0.717, 1.165) is 25.0 Å². The van der Waals surface area contributed by atoms with Gasteiger partial charge in [0.15, 0.2) is 15.0 Å². The smallest absolute Gasteiger partial charge is 0.406 e. The molecular formula is C16H15F3N2O4S2. The Morgan fingerprint density at radius 3 is 2.44 bits per heavy atom. The molecule has 2 aliphatic heterocycles. The van der Waals surface area contributed by atoms with E-state index in [4.69, 9.17) is 0 Å². The van der Waals surface area contributed by atoms with E-state index >= 15 is 0 Å². The van der Waals surface area contributed by atoms with Gasteiger partial charge in [-0.3, -0.25) is 4.79 Å². The van der Waals surface area contributed by atoms with Crippen molar-refractivity contribution in [1.29, 1.82) is 0 Å². The molecule has 6 nitrogen and oxygen atoms in total. The number of fused-ring (bicyclic) bond motifs is 1. The maximum absolute atomic E-state index is 12.3. The minimum atomic E-state index is -4.79. The minimum Gasteiger partial charge on any atom is -0.406 e. The highest BCUT2D eigenvalue weighted by molar-refractivity contribution is 8.16. The van der Waals surface area contributed by atoms with Gasteiger partial charge in [-0.25, -0.2) is 8.42 Å². The first-order chi connectivity index (χ1) is 12.6. The molecule has 0 spiro atoms. The number of thioether (sulfide) groups is 1. The zero-order valence-electron chi connectivity index (χ0n) is 13.8. The van der Waals surface area contributed by atoms with Crippen LogP contribution in [0.5, 0.6) is 5.75 Å². The number of hydrogen-bond donors (Lipinski definition) is 0. The van der Waals surface area contributed by atoms with Crippen molar-refractivity contribution in [2.45, 2.75) is 30.5 Å². The molecule has 27 heavy (non-hydrogen) atoms. The highest BCUT2D eigenvalue weighted by atomic mass is 32.2. The predicted molar refractivity (Wildman–Crippen MR) is 94.6 cm³/mol. The molecule has 0 unspecified atom stereocenters. The lowest BCUT2D eigenvalue weighted by molar-refractivity contribution is -0.274. The highest BCUT2D eigenvalue weighted by Crippen LogP contribution is 2.42. The topological polar surface area (TPSA) is 76.0 Å². The van der Waals surface area contributed by atoms with Crippen molar-refractivity contribution in [2.75, 3.05) is 16.4 Å². The molecule has 0 bridgehead atoms. The molecule has 4 rings (SSSR count). The number of amidine groups is 1. The molecule has 146 valence electrons. The molecule has 1 aromatic rings. The molecule has 0 radical (unpaired) electrons. The Morgan fingerprint density at radius 2 is 1.85 bits per heavy atom. The quantitative estimate of drug-likeness (QED) is 0.748. The average molecular weight is 420 g/mol. The van der Waals surface area contributed by atoms with E-state index < -0.39 is 22.2 Å². The number of sulfone groups is 1. The fourth-order valence-corrected chi connectivity index (χ4v) is 7.11. The number of nitrogens with zero attached hydrogens (tertiary/aromatic N) is 2. The first kappa shape index (κ1) is 18.6. The molecule has 1 amide bonds. The number of carbonyl (C=O) groups excluding carboxylic acids is 1. The SMILES string of the molecule is O=C(N=C1S[C@@H]2CS(=O)(=O)C[C@H]2N1c1ccc(OC(F)(F)F)cc1)C1CC1.